The lowest BCUT2D eigenvalue weighted by molar-refractivity contribution is -0.137. The summed E-state index contributed by atoms with van der Waals surface area (Å²) in [4.78, 5) is 7.96. The van der Waals surface area contributed by atoms with Gasteiger partial charge in [0.2, 0.25) is 0 Å². The van der Waals surface area contributed by atoms with Gasteiger partial charge in [-0.1, -0.05) is 30.3 Å². The Hall–Kier alpha value is -2.96. The third-order valence-electron chi connectivity index (χ3n) is 3.37. The van der Waals surface area contributed by atoms with Crippen molar-refractivity contribution in [1.82, 2.24) is 9.97 Å². The van der Waals surface area contributed by atoms with E-state index in [-0.39, 0.29) is 28.5 Å². The maximum atomic E-state index is 13.9. The SMILES string of the molecule is Nc1cc(-c2ccccc2F)nc(-c2ccccc2C(F)(F)F)n1. The van der Waals surface area contributed by atoms with Gasteiger partial charge in [0.15, 0.2) is 5.82 Å². The third kappa shape index (κ3) is 3.05. The normalized spacial score (nSPS) is 11.5. The second kappa shape index (κ2) is 5.92. The Kier molecular flexibility index (Phi) is 3.92. The van der Waals surface area contributed by atoms with Crippen molar-refractivity contribution in [3.8, 4) is 22.6 Å². The second-order valence-corrected chi connectivity index (χ2v) is 5.02. The zero-order valence-electron chi connectivity index (χ0n) is 12.2. The highest BCUT2D eigenvalue weighted by Gasteiger charge is 2.34. The van der Waals surface area contributed by atoms with Crippen LogP contribution in [0.5, 0.6) is 0 Å². The number of nitrogens with two attached hydrogens (primary N) is 1. The molecule has 0 aliphatic heterocycles. The molecule has 3 nitrogen and oxygen atoms in total. The fourth-order valence-electron chi connectivity index (χ4n) is 2.32. The van der Waals surface area contributed by atoms with Gasteiger partial charge in [0.25, 0.3) is 0 Å². The van der Waals surface area contributed by atoms with Gasteiger partial charge in [-0.25, -0.2) is 14.4 Å². The molecular formula is C17H11F4N3. The predicted octanol–water partition coefficient (Wildman–Crippen LogP) is 4.55. The zero-order valence-corrected chi connectivity index (χ0v) is 12.2. The monoisotopic (exact) mass is 333 g/mol. The lowest BCUT2D eigenvalue weighted by atomic mass is 10.1. The van der Waals surface area contributed by atoms with Crippen LogP contribution in [0, 0.1) is 5.82 Å². The van der Waals surface area contributed by atoms with Crippen molar-refractivity contribution in [2.24, 2.45) is 0 Å². The van der Waals surface area contributed by atoms with Crippen molar-refractivity contribution in [3.63, 3.8) is 0 Å². The molecule has 0 unspecified atom stereocenters. The van der Waals surface area contributed by atoms with E-state index < -0.39 is 17.6 Å². The van der Waals surface area contributed by atoms with Crippen LogP contribution >= 0.6 is 0 Å². The van der Waals surface area contributed by atoms with Gasteiger partial charge in [0.1, 0.15) is 11.6 Å². The van der Waals surface area contributed by atoms with Crippen LogP contribution in [0.1, 0.15) is 5.56 Å². The third-order valence-corrected chi connectivity index (χ3v) is 3.37. The number of aromatic nitrogens is 2. The van der Waals surface area contributed by atoms with Crippen molar-refractivity contribution in [1.29, 1.82) is 0 Å². The first-order valence-electron chi connectivity index (χ1n) is 6.92. The number of anilines is 1. The number of nitrogens with zero attached hydrogens (tertiary/aromatic N) is 2. The highest BCUT2D eigenvalue weighted by molar-refractivity contribution is 5.69. The molecule has 0 saturated heterocycles. The minimum Gasteiger partial charge on any atom is -0.384 e. The summed E-state index contributed by atoms with van der Waals surface area (Å²) >= 11 is 0. The summed E-state index contributed by atoms with van der Waals surface area (Å²) in [5, 5.41) is 0. The highest BCUT2D eigenvalue weighted by Crippen LogP contribution is 2.36. The number of rotatable bonds is 2. The van der Waals surface area contributed by atoms with E-state index in [9.17, 15) is 17.6 Å². The summed E-state index contributed by atoms with van der Waals surface area (Å²) in [6.07, 6.45) is -4.57. The number of nitrogen functional groups attached to an aromatic ring is 1. The summed E-state index contributed by atoms with van der Waals surface area (Å²) in [5.74, 6) is -0.804. The molecule has 0 fully saturated rings. The average molecular weight is 333 g/mol. The Bertz CT molecular complexity index is 891. The molecule has 7 heteroatoms. The standard InChI is InChI=1S/C17H11F4N3/c18-13-8-4-2-6-11(13)14-9-15(22)24-16(23-14)10-5-1-3-7-12(10)17(19,20)21/h1-9H,(H2,22,23,24). The fraction of sp³-hybridized carbons (Fsp3) is 0.0588. The number of hydrogen-bond acceptors (Lipinski definition) is 3. The van der Waals surface area contributed by atoms with Crippen molar-refractivity contribution < 1.29 is 17.6 Å². The minimum absolute atomic E-state index is 0.0461. The molecule has 0 aliphatic carbocycles. The molecule has 2 N–H and O–H groups in total. The molecule has 1 aromatic heterocycles. The summed E-state index contributed by atoms with van der Waals surface area (Å²) in [7, 11) is 0. The van der Waals surface area contributed by atoms with Crippen LogP contribution in [0.4, 0.5) is 23.4 Å². The fourth-order valence-corrected chi connectivity index (χ4v) is 2.32. The average Bonchev–Trinajstić information content (AvgIpc) is 2.54. The van der Waals surface area contributed by atoms with E-state index in [1.165, 1.54) is 42.5 Å². The molecular weight excluding hydrogens is 322 g/mol. The Morgan fingerprint density at radius 3 is 2.12 bits per heavy atom. The van der Waals surface area contributed by atoms with Crippen molar-refractivity contribution in [2.75, 3.05) is 5.73 Å². The molecule has 0 aliphatic rings. The van der Waals surface area contributed by atoms with Crippen LogP contribution in [0.15, 0.2) is 54.6 Å². The Morgan fingerprint density at radius 1 is 0.833 bits per heavy atom. The van der Waals surface area contributed by atoms with Crippen LogP contribution in [0.2, 0.25) is 0 Å². The Labute approximate surface area is 134 Å². The summed E-state index contributed by atoms with van der Waals surface area (Å²) in [6, 6.07) is 12.0. The molecule has 0 saturated carbocycles. The number of hydrogen-bond donors (Lipinski definition) is 1. The van der Waals surface area contributed by atoms with Gasteiger partial charge in [-0.15, -0.1) is 0 Å². The van der Waals surface area contributed by atoms with E-state index in [1.54, 1.807) is 6.07 Å². The topological polar surface area (TPSA) is 51.8 Å². The van der Waals surface area contributed by atoms with Crippen LogP contribution in [-0.2, 0) is 6.18 Å². The van der Waals surface area contributed by atoms with Gasteiger partial charge in [-0.3, -0.25) is 0 Å². The molecule has 0 radical (unpaired) electrons. The molecule has 3 rings (SSSR count). The van der Waals surface area contributed by atoms with E-state index >= 15 is 0 Å². The Balaban J connectivity index is 2.20. The molecule has 24 heavy (non-hydrogen) atoms. The minimum atomic E-state index is -4.57. The van der Waals surface area contributed by atoms with E-state index in [4.69, 9.17) is 5.73 Å². The first kappa shape index (κ1) is 15.9. The van der Waals surface area contributed by atoms with Gasteiger partial charge in [0.05, 0.1) is 11.3 Å². The van der Waals surface area contributed by atoms with E-state index in [2.05, 4.69) is 9.97 Å². The second-order valence-electron chi connectivity index (χ2n) is 5.02. The molecule has 122 valence electrons. The summed E-state index contributed by atoms with van der Waals surface area (Å²) < 4.78 is 53.5. The maximum absolute atomic E-state index is 13.9. The van der Waals surface area contributed by atoms with E-state index in [0.29, 0.717) is 0 Å². The van der Waals surface area contributed by atoms with Gasteiger partial charge >= 0.3 is 6.18 Å². The largest absolute Gasteiger partial charge is 0.417 e. The van der Waals surface area contributed by atoms with Gasteiger partial charge in [0, 0.05) is 17.2 Å². The highest BCUT2D eigenvalue weighted by atomic mass is 19.4. The maximum Gasteiger partial charge on any atom is 0.417 e. The molecule has 2 aromatic carbocycles. The number of alkyl halides is 3. The van der Waals surface area contributed by atoms with Crippen LogP contribution in [-0.4, -0.2) is 9.97 Å². The first-order chi connectivity index (χ1) is 11.4. The van der Waals surface area contributed by atoms with Gasteiger partial charge in [-0.05, 0) is 18.2 Å². The Morgan fingerprint density at radius 2 is 1.46 bits per heavy atom. The van der Waals surface area contributed by atoms with E-state index in [1.807, 2.05) is 0 Å². The smallest absolute Gasteiger partial charge is 0.384 e. The van der Waals surface area contributed by atoms with Crippen LogP contribution < -0.4 is 5.73 Å². The first-order valence-corrected chi connectivity index (χ1v) is 6.92. The molecule has 3 aromatic rings. The van der Waals surface area contributed by atoms with Crippen LogP contribution in [0.25, 0.3) is 22.6 Å². The molecule has 0 bridgehead atoms. The van der Waals surface area contributed by atoms with Crippen molar-refractivity contribution >= 4 is 5.82 Å². The van der Waals surface area contributed by atoms with Gasteiger partial charge in [-0.2, -0.15) is 13.2 Å². The lowest BCUT2D eigenvalue weighted by Crippen LogP contribution is -2.09. The molecule has 0 atom stereocenters. The number of halogens is 4. The molecule has 0 spiro atoms. The van der Waals surface area contributed by atoms with Crippen molar-refractivity contribution in [2.45, 2.75) is 6.18 Å². The molecule has 0 amide bonds. The zero-order chi connectivity index (χ0) is 17.3. The summed E-state index contributed by atoms with van der Waals surface area (Å²) in [5.41, 5.74) is 4.85. The lowest BCUT2D eigenvalue weighted by Gasteiger charge is -2.13. The number of benzene rings is 2. The quantitative estimate of drug-likeness (QED) is 0.700. The van der Waals surface area contributed by atoms with Crippen LogP contribution in [0.3, 0.4) is 0 Å². The van der Waals surface area contributed by atoms with Gasteiger partial charge < -0.3 is 5.73 Å². The van der Waals surface area contributed by atoms with E-state index in [0.717, 1.165) is 6.07 Å². The van der Waals surface area contributed by atoms with Crippen molar-refractivity contribution in [3.05, 3.63) is 66.0 Å². The molecule has 1 heterocycles. The summed E-state index contributed by atoms with van der Waals surface area (Å²) in [6.45, 7) is 0. The predicted molar refractivity (Wildman–Crippen MR) is 82.3 cm³/mol.